The lowest BCUT2D eigenvalue weighted by atomic mass is 9.42. The van der Waals surface area contributed by atoms with Crippen molar-refractivity contribution in [2.24, 2.45) is 52.3 Å². The molecule has 2 unspecified atom stereocenters. The molecule has 0 aliphatic heterocycles. The molecule has 0 aromatic carbocycles. The van der Waals surface area contributed by atoms with Crippen LogP contribution in [-0.4, -0.2) is 30.1 Å². The van der Waals surface area contributed by atoms with Crippen LogP contribution in [0.3, 0.4) is 0 Å². The molecule has 0 saturated heterocycles. The molecule has 0 bridgehead atoms. The second-order valence-electron chi connectivity index (χ2n) is 11.8. The van der Waals surface area contributed by atoms with E-state index >= 15 is 0 Å². The number of esters is 1. The largest absolute Gasteiger partial charge is 0.469 e. The van der Waals surface area contributed by atoms with Gasteiger partial charge in [0.15, 0.2) is 0 Å². The summed E-state index contributed by atoms with van der Waals surface area (Å²) in [6, 6.07) is 0. The maximum atomic E-state index is 14.2. The zero-order valence-corrected chi connectivity index (χ0v) is 19.9. The van der Waals surface area contributed by atoms with Crippen LogP contribution in [-0.2, 0) is 14.3 Å². The van der Waals surface area contributed by atoms with Crippen molar-refractivity contribution in [1.29, 1.82) is 0 Å². The Morgan fingerprint density at radius 3 is 2.58 bits per heavy atom. The molecule has 4 aliphatic rings. The Morgan fingerprint density at radius 2 is 1.87 bits per heavy atom. The number of aliphatic hydroxyl groups is 1. The normalized spacial score (nSPS) is 49.6. The first kappa shape index (κ1) is 19.6. The fourth-order valence-corrected chi connectivity index (χ4v) is 9.02. The Bertz CT molecular complexity index is 797. The number of ether oxygens (including phenoxy) is 1. The molecule has 0 amide bonds. The molecule has 0 spiro atoms. The quantitative estimate of drug-likeness (QED) is 0.586. The van der Waals surface area contributed by atoms with E-state index < -0.39 is 18.9 Å². The van der Waals surface area contributed by atoms with Gasteiger partial charge in [0.05, 0.1) is 13.2 Å². The molecule has 4 rings (SSSR count). The van der Waals surface area contributed by atoms with E-state index in [1.165, 1.54) is 7.11 Å². The molecule has 4 nitrogen and oxygen atoms in total. The molecular formula is C27H44O4. The highest BCUT2D eigenvalue weighted by Gasteiger charge is 2.65. The molecule has 4 saturated carbocycles. The van der Waals surface area contributed by atoms with E-state index in [1.807, 2.05) is 0 Å². The maximum absolute atomic E-state index is 14.2. The first-order valence-corrected chi connectivity index (χ1v) is 12.6. The molecule has 10 atom stereocenters. The Balaban J connectivity index is 1.63. The number of methoxy groups -OCH3 is 1. The van der Waals surface area contributed by atoms with Gasteiger partial charge in [-0.3, -0.25) is 9.59 Å². The standard InChI is InChI=1S/C27H44O4/c1-6-18-22-15-17(28)11-13-27(22,4)21-12-14-26(3)19(16(2)7-10-23(29)31-5)8-9-20(26)24(21)25(18)30/h16-22,24,28H,6-15H2,1-5H3/t16-,17?,18?,19-,20+,21+,22+,24+,26-,27-/m1/s1/i1D3. The topological polar surface area (TPSA) is 63.6 Å². The van der Waals surface area contributed by atoms with Crippen LogP contribution in [0.1, 0.15) is 95.9 Å². The summed E-state index contributed by atoms with van der Waals surface area (Å²) in [5.41, 5.74) is -0.0298. The molecule has 4 aliphatic carbocycles. The SMILES string of the molecule is [2H]C([2H])([2H])CC1C(=O)[C@@H]2[C@H](CC[C@]3(C)[C@@H]([C@H](C)CCC(=O)OC)CC[C@@H]23)[C@@]2(C)CCC(O)C[C@@H]12. The average molecular weight is 436 g/mol. The van der Waals surface area contributed by atoms with E-state index in [0.29, 0.717) is 24.7 Å². The van der Waals surface area contributed by atoms with E-state index in [-0.39, 0.29) is 52.7 Å². The Morgan fingerprint density at radius 1 is 1.16 bits per heavy atom. The number of aliphatic hydroxyl groups excluding tert-OH is 1. The van der Waals surface area contributed by atoms with Gasteiger partial charge in [-0.1, -0.05) is 27.6 Å². The second kappa shape index (κ2) is 8.47. The van der Waals surface area contributed by atoms with Gasteiger partial charge < -0.3 is 9.84 Å². The van der Waals surface area contributed by atoms with E-state index in [0.717, 1.165) is 44.9 Å². The molecule has 1 N–H and O–H groups in total. The molecule has 0 radical (unpaired) electrons. The van der Waals surface area contributed by atoms with Crippen molar-refractivity contribution < 1.29 is 23.5 Å². The number of carbonyl (C=O) groups is 2. The molecule has 4 heteroatoms. The summed E-state index contributed by atoms with van der Waals surface area (Å²) in [7, 11) is 1.43. The zero-order chi connectivity index (χ0) is 25.1. The predicted molar refractivity (Wildman–Crippen MR) is 121 cm³/mol. The number of fused-ring (bicyclic) bond motifs is 5. The summed E-state index contributed by atoms with van der Waals surface area (Å²) >= 11 is 0. The fourth-order valence-electron chi connectivity index (χ4n) is 9.02. The highest BCUT2D eigenvalue weighted by molar-refractivity contribution is 5.86. The van der Waals surface area contributed by atoms with Gasteiger partial charge in [0.25, 0.3) is 0 Å². The van der Waals surface area contributed by atoms with Crippen molar-refractivity contribution in [3.63, 3.8) is 0 Å². The predicted octanol–water partition coefficient (Wildman–Crippen LogP) is 5.41. The summed E-state index contributed by atoms with van der Waals surface area (Å²) in [5, 5.41) is 10.5. The van der Waals surface area contributed by atoms with Gasteiger partial charge in [0, 0.05) is 22.4 Å². The smallest absolute Gasteiger partial charge is 0.305 e. The summed E-state index contributed by atoms with van der Waals surface area (Å²) in [6.07, 6.45) is 7.12. The lowest BCUT2D eigenvalue weighted by Gasteiger charge is -2.62. The zero-order valence-electron chi connectivity index (χ0n) is 22.9. The highest BCUT2D eigenvalue weighted by Crippen LogP contribution is 2.68. The lowest BCUT2D eigenvalue weighted by molar-refractivity contribution is -0.173. The second-order valence-corrected chi connectivity index (χ2v) is 11.8. The summed E-state index contributed by atoms with van der Waals surface area (Å²) < 4.78 is 28.7. The molecule has 4 fully saturated rings. The van der Waals surface area contributed by atoms with Gasteiger partial charge in [-0.15, -0.1) is 0 Å². The van der Waals surface area contributed by atoms with Gasteiger partial charge in [-0.05, 0) is 98.2 Å². The van der Waals surface area contributed by atoms with Crippen LogP contribution in [0.2, 0.25) is 0 Å². The maximum Gasteiger partial charge on any atom is 0.305 e. The van der Waals surface area contributed by atoms with Crippen molar-refractivity contribution >= 4 is 11.8 Å². The molecular weight excluding hydrogens is 388 g/mol. The third kappa shape index (κ3) is 3.60. The van der Waals surface area contributed by atoms with E-state index in [2.05, 4.69) is 20.8 Å². The minimum absolute atomic E-state index is 0.0361. The summed E-state index contributed by atoms with van der Waals surface area (Å²) in [6.45, 7) is 4.77. The number of rotatable bonds is 5. The van der Waals surface area contributed by atoms with Crippen LogP contribution in [0.5, 0.6) is 0 Å². The molecule has 0 heterocycles. The van der Waals surface area contributed by atoms with Crippen molar-refractivity contribution in [3.8, 4) is 0 Å². The van der Waals surface area contributed by atoms with E-state index in [9.17, 15) is 14.7 Å². The number of hydrogen-bond acceptors (Lipinski definition) is 4. The van der Waals surface area contributed by atoms with E-state index in [4.69, 9.17) is 8.85 Å². The van der Waals surface area contributed by atoms with Crippen molar-refractivity contribution in [1.82, 2.24) is 0 Å². The molecule has 176 valence electrons. The Hall–Kier alpha value is -0.900. The van der Waals surface area contributed by atoms with E-state index in [1.54, 1.807) is 0 Å². The molecule has 0 aromatic rings. The summed E-state index contributed by atoms with van der Waals surface area (Å²) in [5.74, 6) is 0.852. The highest BCUT2D eigenvalue weighted by atomic mass is 16.5. The third-order valence-corrected chi connectivity index (χ3v) is 10.7. The number of carbonyl (C=O) groups excluding carboxylic acids is 2. The van der Waals surface area contributed by atoms with Crippen LogP contribution in [0.4, 0.5) is 0 Å². The minimum atomic E-state index is -2.14. The monoisotopic (exact) mass is 435 g/mol. The van der Waals surface area contributed by atoms with Crippen molar-refractivity contribution in [2.45, 2.75) is 97.9 Å². The van der Waals surface area contributed by atoms with Gasteiger partial charge in [-0.2, -0.15) is 0 Å². The van der Waals surface area contributed by atoms with Crippen LogP contribution < -0.4 is 0 Å². The lowest BCUT2D eigenvalue weighted by Crippen LogP contribution is -2.60. The van der Waals surface area contributed by atoms with Gasteiger partial charge in [0.2, 0.25) is 0 Å². The van der Waals surface area contributed by atoms with Crippen molar-refractivity contribution in [2.75, 3.05) is 7.11 Å². The van der Waals surface area contributed by atoms with Gasteiger partial charge in [0.1, 0.15) is 5.78 Å². The third-order valence-electron chi connectivity index (χ3n) is 10.7. The van der Waals surface area contributed by atoms with Crippen molar-refractivity contribution in [3.05, 3.63) is 0 Å². The average Bonchev–Trinajstić information content (AvgIpc) is 3.12. The Kier molecular flexibility index (Phi) is 5.34. The number of ketones is 1. The van der Waals surface area contributed by atoms with Crippen LogP contribution >= 0.6 is 0 Å². The Labute approximate surface area is 193 Å². The number of hydrogen-bond donors (Lipinski definition) is 1. The first-order chi connectivity index (χ1) is 15.8. The summed E-state index contributed by atoms with van der Waals surface area (Å²) in [4.78, 5) is 25.9. The molecule has 0 aromatic heterocycles. The minimum Gasteiger partial charge on any atom is -0.469 e. The van der Waals surface area contributed by atoms with Crippen LogP contribution in [0.15, 0.2) is 0 Å². The van der Waals surface area contributed by atoms with Crippen LogP contribution in [0.25, 0.3) is 0 Å². The molecule has 31 heavy (non-hydrogen) atoms. The van der Waals surface area contributed by atoms with Crippen LogP contribution in [0, 0.1) is 52.3 Å². The van der Waals surface area contributed by atoms with Gasteiger partial charge >= 0.3 is 5.97 Å². The van der Waals surface area contributed by atoms with Gasteiger partial charge in [-0.25, -0.2) is 0 Å². The first-order valence-electron chi connectivity index (χ1n) is 14.1. The number of Topliss-reactive ketones (excluding diaryl/α,β-unsaturated/α-hetero) is 1. The fraction of sp³-hybridized carbons (Fsp3) is 0.926.